The molecule has 72 valence electrons. The van der Waals surface area contributed by atoms with E-state index in [0.717, 1.165) is 6.42 Å². The van der Waals surface area contributed by atoms with Crippen molar-refractivity contribution in [3.05, 3.63) is 10.4 Å². The van der Waals surface area contributed by atoms with Gasteiger partial charge < -0.3 is 4.74 Å². The normalized spacial score (nSPS) is 26.8. The predicted octanol–water partition coefficient (Wildman–Crippen LogP) is 1.73. The Bertz CT molecular complexity index is 230. The summed E-state index contributed by atoms with van der Waals surface area (Å²) in [6, 6.07) is 0. The number of nitrogens with zero attached hydrogens (tertiary/aromatic N) is 3. The summed E-state index contributed by atoms with van der Waals surface area (Å²) in [5.41, 5.74) is 8.08. The van der Waals surface area contributed by atoms with Crippen molar-refractivity contribution in [3.63, 3.8) is 0 Å². The Balaban J connectivity index is 2.27. The molecule has 0 bridgehead atoms. The first-order valence-electron chi connectivity index (χ1n) is 4.02. The molecular weight excluding hydrogens is 190 g/mol. The molecule has 1 aliphatic rings. The maximum absolute atomic E-state index is 10.7. The summed E-state index contributed by atoms with van der Waals surface area (Å²) in [4.78, 5) is 13.4. The Labute approximate surface area is 80.5 Å². The van der Waals surface area contributed by atoms with Crippen LogP contribution in [0.25, 0.3) is 10.4 Å². The minimum atomic E-state index is -0.00671. The van der Waals surface area contributed by atoms with Gasteiger partial charge in [-0.3, -0.25) is 4.79 Å². The Morgan fingerprint density at radius 1 is 1.85 bits per heavy atom. The minimum Gasteiger partial charge on any atom is -0.377 e. The largest absolute Gasteiger partial charge is 0.377 e. The average molecular weight is 201 g/mol. The maximum atomic E-state index is 10.7. The van der Waals surface area contributed by atoms with E-state index in [4.69, 9.17) is 10.3 Å². The third kappa shape index (κ3) is 3.67. The standard InChI is InChI=1S/C7H11N3O2S/c1-5(11)13-7-2-6(12-4-7)3-9-10-8/h6-7H,2-4H2,1H3/t6-,7+/m1/s1. The third-order valence-corrected chi connectivity index (χ3v) is 2.72. The van der Waals surface area contributed by atoms with Gasteiger partial charge in [-0.2, -0.15) is 0 Å². The number of carbonyl (C=O) groups is 1. The Kier molecular flexibility index (Phi) is 4.08. The van der Waals surface area contributed by atoms with Gasteiger partial charge in [-0.25, -0.2) is 0 Å². The van der Waals surface area contributed by atoms with Gasteiger partial charge in [-0.1, -0.05) is 16.9 Å². The van der Waals surface area contributed by atoms with Crippen molar-refractivity contribution in [2.45, 2.75) is 24.7 Å². The quantitative estimate of drug-likeness (QED) is 0.396. The molecule has 0 amide bonds. The van der Waals surface area contributed by atoms with Crippen LogP contribution in [-0.4, -0.2) is 29.6 Å². The van der Waals surface area contributed by atoms with E-state index in [1.807, 2.05) is 0 Å². The number of hydrogen-bond acceptors (Lipinski definition) is 4. The lowest BCUT2D eigenvalue weighted by Crippen LogP contribution is -2.09. The molecule has 2 atom stereocenters. The van der Waals surface area contributed by atoms with Crippen molar-refractivity contribution in [1.82, 2.24) is 0 Å². The lowest BCUT2D eigenvalue weighted by Gasteiger charge is -2.03. The van der Waals surface area contributed by atoms with Gasteiger partial charge in [0.05, 0.1) is 19.3 Å². The zero-order valence-electron chi connectivity index (χ0n) is 7.34. The molecule has 1 saturated heterocycles. The predicted molar refractivity (Wildman–Crippen MR) is 50.4 cm³/mol. The fraction of sp³-hybridized carbons (Fsp3) is 0.857. The molecule has 13 heavy (non-hydrogen) atoms. The summed E-state index contributed by atoms with van der Waals surface area (Å²) in [5.74, 6) is 0. The Morgan fingerprint density at radius 2 is 2.62 bits per heavy atom. The molecule has 1 rings (SSSR count). The van der Waals surface area contributed by atoms with Crippen molar-refractivity contribution < 1.29 is 9.53 Å². The summed E-state index contributed by atoms with van der Waals surface area (Å²) < 4.78 is 5.33. The molecule has 5 nitrogen and oxygen atoms in total. The van der Waals surface area contributed by atoms with Crippen LogP contribution in [0.15, 0.2) is 5.11 Å². The first-order chi connectivity index (χ1) is 6.22. The maximum Gasteiger partial charge on any atom is 0.186 e. The van der Waals surface area contributed by atoms with Crippen molar-refractivity contribution >= 4 is 16.9 Å². The molecule has 0 N–H and O–H groups in total. The first kappa shape index (κ1) is 10.4. The Morgan fingerprint density at radius 3 is 3.23 bits per heavy atom. The molecule has 0 aliphatic carbocycles. The van der Waals surface area contributed by atoms with E-state index >= 15 is 0 Å². The second-order valence-corrected chi connectivity index (χ2v) is 4.31. The molecule has 1 fully saturated rings. The van der Waals surface area contributed by atoms with Crippen LogP contribution in [0.1, 0.15) is 13.3 Å². The number of hydrogen-bond donors (Lipinski definition) is 0. The van der Waals surface area contributed by atoms with Gasteiger partial charge in [0.2, 0.25) is 0 Å². The molecular formula is C7H11N3O2S. The summed E-state index contributed by atoms with van der Waals surface area (Å²) in [6.07, 6.45) is 0.788. The average Bonchev–Trinajstić information content (AvgIpc) is 2.48. The number of rotatable bonds is 3. The van der Waals surface area contributed by atoms with Crippen molar-refractivity contribution in [1.29, 1.82) is 0 Å². The monoisotopic (exact) mass is 201 g/mol. The fourth-order valence-corrected chi connectivity index (χ4v) is 2.17. The molecule has 1 heterocycles. The van der Waals surface area contributed by atoms with Gasteiger partial charge in [0.25, 0.3) is 0 Å². The highest BCUT2D eigenvalue weighted by molar-refractivity contribution is 8.14. The van der Waals surface area contributed by atoms with Gasteiger partial charge >= 0.3 is 0 Å². The summed E-state index contributed by atoms with van der Waals surface area (Å²) >= 11 is 1.30. The van der Waals surface area contributed by atoms with E-state index < -0.39 is 0 Å². The van der Waals surface area contributed by atoms with E-state index in [-0.39, 0.29) is 16.5 Å². The second-order valence-electron chi connectivity index (χ2n) is 2.84. The zero-order chi connectivity index (χ0) is 9.68. The number of thioether (sulfide) groups is 1. The van der Waals surface area contributed by atoms with Gasteiger partial charge in [0.15, 0.2) is 5.12 Å². The van der Waals surface area contributed by atoms with Crippen LogP contribution in [0.2, 0.25) is 0 Å². The van der Waals surface area contributed by atoms with Crippen LogP contribution >= 0.6 is 11.8 Å². The fourth-order valence-electron chi connectivity index (χ4n) is 1.24. The number of ether oxygens (including phenoxy) is 1. The van der Waals surface area contributed by atoms with Gasteiger partial charge in [-0.05, 0) is 12.0 Å². The topological polar surface area (TPSA) is 75.1 Å². The van der Waals surface area contributed by atoms with Gasteiger partial charge in [-0.15, -0.1) is 0 Å². The smallest absolute Gasteiger partial charge is 0.186 e. The molecule has 0 aromatic carbocycles. The van der Waals surface area contributed by atoms with Gasteiger partial charge in [0.1, 0.15) is 0 Å². The highest BCUT2D eigenvalue weighted by Gasteiger charge is 2.26. The molecule has 6 heteroatoms. The summed E-state index contributed by atoms with van der Waals surface area (Å²) in [5, 5.41) is 3.77. The molecule has 1 aliphatic heterocycles. The van der Waals surface area contributed by atoms with E-state index in [2.05, 4.69) is 10.0 Å². The summed E-state index contributed by atoms with van der Waals surface area (Å²) in [7, 11) is 0. The first-order valence-corrected chi connectivity index (χ1v) is 4.90. The van der Waals surface area contributed by atoms with Crippen LogP contribution in [0, 0.1) is 0 Å². The molecule has 0 aromatic heterocycles. The van der Waals surface area contributed by atoms with Gasteiger partial charge in [0, 0.05) is 17.1 Å². The van der Waals surface area contributed by atoms with Crippen LogP contribution in [0.5, 0.6) is 0 Å². The molecule has 0 spiro atoms. The van der Waals surface area contributed by atoms with E-state index in [9.17, 15) is 4.79 Å². The van der Waals surface area contributed by atoms with Crippen LogP contribution in [0.3, 0.4) is 0 Å². The van der Waals surface area contributed by atoms with Crippen LogP contribution < -0.4 is 0 Å². The number of azide groups is 1. The minimum absolute atomic E-state index is 0.00671. The molecule has 0 unspecified atom stereocenters. The van der Waals surface area contributed by atoms with E-state index in [1.165, 1.54) is 11.8 Å². The van der Waals surface area contributed by atoms with E-state index in [0.29, 0.717) is 13.2 Å². The van der Waals surface area contributed by atoms with E-state index in [1.54, 1.807) is 6.92 Å². The lowest BCUT2D eigenvalue weighted by molar-refractivity contribution is -0.109. The number of carbonyl (C=O) groups excluding carboxylic acids is 1. The van der Waals surface area contributed by atoms with Crippen molar-refractivity contribution in [2.75, 3.05) is 13.2 Å². The Hall–Kier alpha value is -0.710. The summed E-state index contributed by atoms with van der Waals surface area (Å²) in [6.45, 7) is 2.49. The van der Waals surface area contributed by atoms with Crippen molar-refractivity contribution in [2.24, 2.45) is 5.11 Å². The van der Waals surface area contributed by atoms with Crippen LogP contribution in [-0.2, 0) is 9.53 Å². The highest BCUT2D eigenvalue weighted by Crippen LogP contribution is 2.25. The second kappa shape index (κ2) is 5.11. The third-order valence-electron chi connectivity index (χ3n) is 1.72. The van der Waals surface area contributed by atoms with Crippen LogP contribution in [0.4, 0.5) is 0 Å². The molecule has 0 aromatic rings. The molecule has 0 saturated carbocycles. The zero-order valence-corrected chi connectivity index (χ0v) is 8.16. The SMILES string of the molecule is CC(=O)S[C@@H]1CO[C@@H](CN=[N+]=[N-])C1. The lowest BCUT2D eigenvalue weighted by atomic mass is 10.2. The highest BCUT2D eigenvalue weighted by atomic mass is 32.2. The van der Waals surface area contributed by atoms with Crippen molar-refractivity contribution in [3.8, 4) is 0 Å². The molecule has 0 radical (unpaired) electrons.